The fourth-order valence-corrected chi connectivity index (χ4v) is 0.813. The fraction of sp³-hybridized carbons (Fsp3) is 0.250. The molecule has 0 aliphatic rings. The van der Waals surface area contributed by atoms with Crippen LogP contribution < -0.4 is 10.1 Å². The lowest BCUT2D eigenvalue weighted by Crippen LogP contribution is -2.18. The highest BCUT2D eigenvalue weighted by Gasteiger charge is 2.09. The lowest BCUT2D eigenvalue weighted by molar-refractivity contribution is 0.0960. The van der Waals surface area contributed by atoms with Crippen LogP contribution in [0.5, 0.6) is 5.75 Å². The van der Waals surface area contributed by atoms with Gasteiger partial charge in [-0.2, -0.15) is 0 Å². The molecular weight excluding hydrogens is 156 g/mol. The molecule has 4 nitrogen and oxygen atoms in total. The lowest BCUT2D eigenvalue weighted by Gasteiger charge is -2.04. The number of carbonyl (C=O) groups is 1. The highest BCUT2D eigenvalue weighted by Crippen LogP contribution is 2.13. The zero-order valence-electron chi connectivity index (χ0n) is 6.92. The summed E-state index contributed by atoms with van der Waals surface area (Å²) in [5.41, 5.74) is 0.440. The molecule has 0 saturated carbocycles. The minimum atomic E-state index is -0.203. The fourth-order valence-electron chi connectivity index (χ4n) is 0.813. The quantitative estimate of drug-likeness (QED) is 0.683. The van der Waals surface area contributed by atoms with E-state index in [1.807, 2.05) is 0 Å². The van der Waals surface area contributed by atoms with E-state index in [-0.39, 0.29) is 5.91 Å². The van der Waals surface area contributed by atoms with Crippen LogP contribution >= 0.6 is 0 Å². The maximum absolute atomic E-state index is 11.2. The summed E-state index contributed by atoms with van der Waals surface area (Å²) in [6.07, 6.45) is 4.06. The van der Waals surface area contributed by atoms with Crippen molar-refractivity contribution in [3.05, 3.63) is 24.0 Å². The Kier molecular flexibility index (Phi) is 2.63. The molecule has 1 radical (unpaired) electrons. The normalized spacial score (nSPS) is 9.17. The van der Waals surface area contributed by atoms with Crippen LogP contribution in [-0.2, 0) is 0 Å². The number of pyridine rings is 1. The minimum Gasteiger partial charge on any atom is -0.494 e. The van der Waals surface area contributed by atoms with Crippen LogP contribution in [0.4, 0.5) is 0 Å². The van der Waals surface area contributed by atoms with Gasteiger partial charge in [-0.05, 0) is 6.07 Å². The van der Waals surface area contributed by atoms with Gasteiger partial charge in [0.15, 0.2) is 5.75 Å². The molecule has 0 unspecified atom stereocenters. The number of carbonyl (C=O) groups excluding carboxylic acids is 1. The van der Waals surface area contributed by atoms with Gasteiger partial charge in [0.1, 0.15) is 6.20 Å². The first-order valence-corrected chi connectivity index (χ1v) is 3.42. The molecule has 0 saturated heterocycles. The predicted octanol–water partition coefficient (Wildman–Crippen LogP) is 0.250. The Morgan fingerprint density at radius 2 is 2.50 bits per heavy atom. The van der Waals surface area contributed by atoms with E-state index >= 15 is 0 Å². The summed E-state index contributed by atoms with van der Waals surface area (Å²) in [6, 6.07) is 1.58. The van der Waals surface area contributed by atoms with Gasteiger partial charge in [0.25, 0.3) is 5.91 Å². The van der Waals surface area contributed by atoms with Gasteiger partial charge in [0.2, 0.25) is 0 Å². The van der Waals surface area contributed by atoms with E-state index in [4.69, 9.17) is 4.74 Å². The molecule has 0 aromatic carbocycles. The number of aromatic nitrogens is 1. The lowest BCUT2D eigenvalue weighted by atomic mass is 10.2. The predicted molar refractivity (Wildman–Crippen MR) is 43.0 cm³/mol. The monoisotopic (exact) mass is 165 g/mol. The number of nitrogens with one attached hydrogen (secondary N) is 1. The Balaban J connectivity index is 3.04. The van der Waals surface area contributed by atoms with Crippen LogP contribution in [0.3, 0.4) is 0 Å². The maximum Gasteiger partial charge on any atom is 0.254 e. The van der Waals surface area contributed by atoms with Crippen molar-refractivity contribution in [1.82, 2.24) is 10.3 Å². The Morgan fingerprint density at radius 3 is 3.08 bits per heavy atom. The number of hydrogen-bond donors (Lipinski definition) is 1. The molecule has 1 rings (SSSR count). The molecular formula is C8H9N2O2. The zero-order chi connectivity index (χ0) is 8.97. The van der Waals surface area contributed by atoms with Crippen molar-refractivity contribution >= 4 is 5.91 Å². The molecule has 0 aliphatic heterocycles. The van der Waals surface area contributed by atoms with Gasteiger partial charge >= 0.3 is 0 Å². The molecule has 1 aromatic rings. The zero-order valence-corrected chi connectivity index (χ0v) is 6.92. The average molecular weight is 165 g/mol. The molecule has 1 heterocycles. The van der Waals surface area contributed by atoms with Crippen molar-refractivity contribution in [2.45, 2.75) is 0 Å². The van der Waals surface area contributed by atoms with E-state index in [1.165, 1.54) is 13.3 Å². The second-order valence-corrected chi connectivity index (χ2v) is 2.08. The van der Waals surface area contributed by atoms with Crippen LogP contribution in [0, 0.1) is 6.20 Å². The Morgan fingerprint density at radius 1 is 1.75 bits per heavy atom. The summed E-state index contributed by atoms with van der Waals surface area (Å²) in [4.78, 5) is 14.9. The molecule has 0 aliphatic carbocycles. The topological polar surface area (TPSA) is 51.2 Å². The van der Waals surface area contributed by atoms with Crippen molar-refractivity contribution < 1.29 is 9.53 Å². The number of amides is 1. The maximum atomic E-state index is 11.2. The van der Waals surface area contributed by atoms with Gasteiger partial charge in [-0.1, -0.05) is 0 Å². The van der Waals surface area contributed by atoms with Crippen LogP contribution in [-0.4, -0.2) is 25.0 Å². The van der Waals surface area contributed by atoms with Gasteiger partial charge in [-0.15, -0.1) is 0 Å². The second kappa shape index (κ2) is 3.71. The summed E-state index contributed by atoms with van der Waals surface area (Å²) in [5.74, 6) is 0.155. The molecule has 4 heteroatoms. The number of rotatable bonds is 2. The third-order valence-corrected chi connectivity index (χ3v) is 1.40. The van der Waals surface area contributed by atoms with E-state index in [0.717, 1.165) is 0 Å². The number of ether oxygens (including phenoxy) is 1. The SMILES string of the molecule is CNC(=O)c1ccn[c]c1OC. The first-order valence-electron chi connectivity index (χ1n) is 3.42. The number of nitrogens with zero attached hydrogens (tertiary/aromatic N) is 1. The third kappa shape index (κ3) is 1.53. The first kappa shape index (κ1) is 8.52. The molecule has 1 amide bonds. The van der Waals surface area contributed by atoms with E-state index in [1.54, 1.807) is 13.1 Å². The van der Waals surface area contributed by atoms with Crippen LogP contribution in [0.2, 0.25) is 0 Å². The number of hydrogen-bond acceptors (Lipinski definition) is 3. The molecule has 0 bridgehead atoms. The molecule has 0 spiro atoms. The Bertz CT molecular complexity index is 286. The van der Waals surface area contributed by atoms with Crippen molar-refractivity contribution in [1.29, 1.82) is 0 Å². The minimum absolute atomic E-state index is 0.203. The summed E-state index contributed by atoms with van der Waals surface area (Å²) < 4.78 is 4.89. The summed E-state index contributed by atoms with van der Waals surface area (Å²) >= 11 is 0. The standard InChI is InChI=1S/C8H9N2O2/c1-9-8(11)6-3-4-10-5-7(6)12-2/h3-4H,1-2H3,(H,9,11). The molecule has 0 atom stereocenters. The summed E-state index contributed by atoms with van der Waals surface area (Å²) in [5, 5.41) is 2.49. The van der Waals surface area contributed by atoms with E-state index in [2.05, 4.69) is 16.5 Å². The molecule has 0 fully saturated rings. The van der Waals surface area contributed by atoms with Gasteiger partial charge in [0, 0.05) is 13.2 Å². The number of methoxy groups -OCH3 is 1. The van der Waals surface area contributed by atoms with Crippen LogP contribution in [0.1, 0.15) is 10.4 Å². The highest BCUT2D eigenvalue weighted by atomic mass is 16.5. The van der Waals surface area contributed by atoms with E-state index < -0.39 is 0 Å². The van der Waals surface area contributed by atoms with Crippen molar-refractivity contribution in [2.24, 2.45) is 0 Å². The van der Waals surface area contributed by atoms with E-state index in [9.17, 15) is 4.79 Å². The van der Waals surface area contributed by atoms with Crippen LogP contribution in [0.25, 0.3) is 0 Å². The van der Waals surface area contributed by atoms with Gasteiger partial charge in [-0.25, -0.2) is 0 Å². The van der Waals surface area contributed by atoms with Gasteiger partial charge < -0.3 is 10.1 Å². The summed E-state index contributed by atoms with van der Waals surface area (Å²) in [7, 11) is 3.03. The Hall–Kier alpha value is -1.58. The van der Waals surface area contributed by atoms with Gasteiger partial charge in [-0.3, -0.25) is 9.78 Å². The van der Waals surface area contributed by atoms with Crippen molar-refractivity contribution in [3.63, 3.8) is 0 Å². The molecule has 63 valence electrons. The molecule has 12 heavy (non-hydrogen) atoms. The van der Waals surface area contributed by atoms with Crippen molar-refractivity contribution in [3.8, 4) is 5.75 Å². The molecule has 1 aromatic heterocycles. The van der Waals surface area contributed by atoms with E-state index in [0.29, 0.717) is 11.3 Å². The largest absolute Gasteiger partial charge is 0.494 e. The van der Waals surface area contributed by atoms with Gasteiger partial charge in [0.05, 0.1) is 12.7 Å². The third-order valence-electron chi connectivity index (χ3n) is 1.40. The smallest absolute Gasteiger partial charge is 0.254 e. The summed E-state index contributed by atoms with van der Waals surface area (Å²) in [6.45, 7) is 0. The second-order valence-electron chi connectivity index (χ2n) is 2.08. The first-order chi connectivity index (χ1) is 5.79. The molecule has 1 N–H and O–H groups in total. The highest BCUT2D eigenvalue weighted by molar-refractivity contribution is 5.96. The van der Waals surface area contributed by atoms with Crippen molar-refractivity contribution in [2.75, 3.05) is 14.2 Å². The average Bonchev–Trinajstić information content (AvgIpc) is 2.16. The Labute approximate surface area is 70.6 Å². The van der Waals surface area contributed by atoms with Crippen LogP contribution in [0.15, 0.2) is 12.3 Å².